The molecule has 0 aliphatic carbocycles. The van der Waals surface area contributed by atoms with Crippen LogP contribution in [0, 0.1) is 6.92 Å². The number of hydrogen-bond donors (Lipinski definition) is 0. The van der Waals surface area contributed by atoms with Crippen molar-refractivity contribution >= 4 is 28.7 Å². The van der Waals surface area contributed by atoms with Crippen LogP contribution in [0.2, 0.25) is 0 Å². The first-order chi connectivity index (χ1) is 10.2. The lowest BCUT2D eigenvalue weighted by Crippen LogP contribution is -2.38. The number of alkyl halides is 1. The first kappa shape index (κ1) is 14.3. The highest BCUT2D eigenvalue weighted by Crippen LogP contribution is 2.19. The molecule has 112 valence electrons. The van der Waals surface area contributed by atoms with Crippen LogP contribution in [0.15, 0.2) is 12.3 Å². The summed E-state index contributed by atoms with van der Waals surface area (Å²) in [7, 11) is 0. The molecule has 3 rings (SSSR count). The van der Waals surface area contributed by atoms with Crippen molar-refractivity contribution in [2.75, 3.05) is 13.1 Å². The minimum atomic E-state index is 0.128. The van der Waals surface area contributed by atoms with E-state index in [1.54, 1.807) is 6.20 Å². The Morgan fingerprint density at radius 1 is 1.33 bits per heavy atom. The Kier molecular flexibility index (Phi) is 4.10. The Morgan fingerprint density at radius 3 is 2.81 bits per heavy atom. The van der Waals surface area contributed by atoms with Gasteiger partial charge in [0.2, 0.25) is 5.91 Å². The number of hydrogen-bond acceptors (Lipinski definition) is 3. The molecule has 0 bridgehead atoms. The fourth-order valence-corrected chi connectivity index (χ4v) is 3.03. The zero-order valence-corrected chi connectivity index (χ0v) is 12.9. The number of nitrogens with zero attached hydrogens (tertiary/aromatic N) is 4. The van der Waals surface area contributed by atoms with Gasteiger partial charge in [0.1, 0.15) is 17.9 Å². The molecule has 1 fully saturated rings. The Morgan fingerprint density at radius 2 is 2.10 bits per heavy atom. The van der Waals surface area contributed by atoms with Gasteiger partial charge in [0.25, 0.3) is 0 Å². The van der Waals surface area contributed by atoms with Gasteiger partial charge in [0.05, 0.1) is 5.88 Å². The summed E-state index contributed by atoms with van der Waals surface area (Å²) in [5.74, 6) is 1.12. The van der Waals surface area contributed by atoms with Crippen LogP contribution >= 0.6 is 11.6 Å². The normalized spacial score (nSPS) is 15.6. The highest BCUT2D eigenvalue weighted by Gasteiger charge is 2.20. The first-order valence-corrected chi connectivity index (χ1v) is 7.88. The second-order valence-corrected chi connectivity index (χ2v) is 5.76. The third-order valence-corrected chi connectivity index (χ3v) is 4.28. The summed E-state index contributed by atoms with van der Waals surface area (Å²) >= 11 is 5.99. The fourth-order valence-electron chi connectivity index (χ4n) is 2.83. The van der Waals surface area contributed by atoms with E-state index in [0.717, 1.165) is 42.7 Å². The van der Waals surface area contributed by atoms with E-state index in [0.29, 0.717) is 5.82 Å². The molecule has 1 saturated heterocycles. The van der Waals surface area contributed by atoms with E-state index < -0.39 is 0 Å². The predicted molar refractivity (Wildman–Crippen MR) is 82.3 cm³/mol. The highest BCUT2D eigenvalue weighted by atomic mass is 35.5. The number of carbonyl (C=O) groups is 1. The van der Waals surface area contributed by atoms with Gasteiger partial charge in [0, 0.05) is 19.3 Å². The lowest BCUT2D eigenvalue weighted by atomic mass is 10.1. The van der Waals surface area contributed by atoms with Gasteiger partial charge in [-0.3, -0.25) is 4.79 Å². The summed E-state index contributed by atoms with van der Waals surface area (Å²) < 4.78 is 1.85. The first-order valence-electron chi connectivity index (χ1n) is 7.35. The van der Waals surface area contributed by atoms with Crippen molar-refractivity contribution < 1.29 is 4.79 Å². The lowest BCUT2D eigenvalue weighted by molar-refractivity contribution is -0.132. The number of imidazole rings is 1. The molecule has 0 saturated carbocycles. The monoisotopic (exact) mass is 306 g/mol. The molecule has 1 aliphatic rings. The van der Waals surface area contributed by atoms with Gasteiger partial charge in [-0.25, -0.2) is 9.97 Å². The zero-order chi connectivity index (χ0) is 14.8. The molecule has 2 aromatic rings. The number of piperidine rings is 1. The second kappa shape index (κ2) is 6.02. The van der Waals surface area contributed by atoms with E-state index in [1.165, 1.54) is 6.42 Å². The highest BCUT2D eigenvalue weighted by molar-refractivity contribution is 6.16. The summed E-state index contributed by atoms with van der Waals surface area (Å²) in [6, 6.07) is 1.92. The topological polar surface area (TPSA) is 51.0 Å². The summed E-state index contributed by atoms with van der Waals surface area (Å²) in [5.41, 5.74) is 2.63. The van der Waals surface area contributed by atoms with Gasteiger partial charge in [-0.1, -0.05) is 0 Å². The Hall–Kier alpha value is -1.62. The van der Waals surface area contributed by atoms with Crippen LogP contribution in [0.5, 0.6) is 0 Å². The summed E-state index contributed by atoms with van der Waals surface area (Å²) in [6.07, 6.45) is 5.15. The quantitative estimate of drug-likeness (QED) is 0.819. The van der Waals surface area contributed by atoms with Crippen molar-refractivity contribution in [1.29, 1.82) is 0 Å². The molecule has 6 heteroatoms. The number of pyridine rings is 1. The van der Waals surface area contributed by atoms with Crippen LogP contribution in [0.1, 0.15) is 30.7 Å². The molecular formula is C15H19ClN4O. The number of carbonyl (C=O) groups excluding carboxylic acids is 1. The number of aromatic nitrogens is 3. The Balaban J connectivity index is 1.92. The second-order valence-electron chi connectivity index (χ2n) is 5.49. The third kappa shape index (κ3) is 2.75. The number of likely N-dealkylation sites (tertiary alicyclic amines) is 1. The average Bonchev–Trinajstić information content (AvgIpc) is 2.87. The maximum atomic E-state index is 12.5. The van der Waals surface area contributed by atoms with Gasteiger partial charge < -0.3 is 9.47 Å². The van der Waals surface area contributed by atoms with E-state index in [4.69, 9.17) is 11.6 Å². The van der Waals surface area contributed by atoms with Gasteiger partial charge in [-0.05, 0) is 37.8 Å². The molecule has 21 heavy (non-hydrogen) atoms. The third-order valence-electron chi connectivity index (χ3n) is 4.04. The van der Waals surface area contributed by atoms with Crippen LogP contribution in [0.25, 0.3) is 11.2 Å². The standard InChI is InChI=1S/C15H19ClN4O/c1-11-5-6-17-15-14(11)18-12(9-16)20(15)10-13(21)19-7-3-2-4-8-19/h5-6H,2-4,7-10H2,1H3. The molecule has 0 radical (unpaired) electrons. The molecule has 0 aromatic carbocycles. The van der Waals surface area contributed by atoms with E-state index in [1.807, 2.05) is 22.5 Å². The molecule has 0 atom stereocenters. The minimum absolute atomic E-state index is 0.128. The predicted octanol–water partition coefficient (Wildman–Crippen LogP) is 2.49. The van der Waals surface area contributed by atoms with Crippen molar-refractivity contribution in [3.63, 3.8) is 0 Å². The van der Waals surface area contributed by atoms with Gasteiger partial charge in [0.15, 0.2) is 5.65 Å². The molecule has 0 N–H and O–H groups in total. The maximum Gasteiger partial charge on any atom is 0.242 e. The molecule has 3 heterocycles. The molecule has 0 unspecified atom stereocenters. The lowest BCUT2D eigenvalue weighted by Gasteiger charge is -2.27. The average molecular weight is 307 g/mol. The van der Waals surface area contributed by atoms with Crippen molar-refractivity contribution in [3.8, 4) is 0 Å². The zero-order valence-electron chi connectivity index (χ0n) is 12.2. The van der Waals surface area contributed by atoms with E-state index in [2.05, 4.69) is 9.97 Å². The van der Waals surface area contributed by atoms with Crippen LogP contribution in [-0.2, 0) is 17.2 Å². The molecule has 0 spiro atoms. The van der Waals surface area contributed by atoms with Gasteiger partial charge >= 0.3 is 0 Å². The molecule has 2 aromatic heterocycles. The molecule has 1 amide bonds. The SMILES string of the molecule is Cc1ccnc2c1nc(CCl)n2CC(=O)N1CCCCC1. The number of fused-ring (bicyclic) bond motifs is 1. The van der Waals surface area contributed by atoms with E-state index in [-0.39, 0.29) is 18.3 Å². The smallest absolute Gasteiger partial charge is 0.242 e. The van der Waals surface area contributed by atoms with Crippen LogP contribution in [0.4, 0.5) is 0 Å². The largest absolute Gasteiger partial charge is 0.341 e. The maximum absolute atomic E-state index is 12.5. The number of halogens is 1. The van der Waals surface area contributed by atoms with Crippen molar-refractivity contribution in [2.24, 2.45) is 0 Å². The van der Waals surface area contributed by atoms with Crippen LogP contribution < -0.4 is 0 Å². The van der Waals surface area contributed by atoms with Gasteiger partial charge in [-0.15, -0.1) is 11.6 Å². The van der Waals surface area contributed by atoms with E-state index in [9.17, 15) is 4.79 Å². The van der Waals surface area contributed by atoms with E-state index >= 15 is 0 Å². The minimum Gasteiger partial charge on any atom is -0.341 e. The van der Waals surface area contributed by atoms with Crippen molar-refractivity contribution in [2.45, 2.75) is 38.6 Å². The molecular weight excluding hydrogens is 288 g/mol. The van der Waals surface area contributed by atoms with Crippen molar-refractivity contribution in [1.82, 2.24) is 19.4 Å². The fraction of sp³-hybridized carbons (Fsp3) is 0.533. The Bertz CT molecular complexity index is 661. The van der Waals surface area contributed by atoms with Crippen molar-refractivity contribution in [3.05, 3.63) is 23.7 Å². The van der Waals surface area contributed by atoms with Crippen LogP contribution in [0.3, 0.4) is 0 Å². The number of rotatable bonds is 3. The molecule has 5 nitrogen and oxygen atoms in total. The Labute approximate surface area is 128 Å². The number of aryl methyl sites for hydroxylation is 1. The van der Waals surface area contributed by atoms with Crippen LogP contribution in [-0.4, -0.2) is 38.4 Å². The summed E-state index contributed by atoms with van der Waals surface area (Å²) in [5, 5.41) is 0. The molecule has 1 aliphatic heterocycles. The summed E-state index contributed by atoms with van der Waals surface area (Å²) in [6.45, 7) is 3.98. The van der Waals surface area contributed by atoms with Gasteiger partial charge in [-0.2, -0.15) is 0 Å². The summed E-state index contributed by atoms with van der Waals surface area (Å²) in [4.78, 5) is 23.3. The number of amides is 1.